The van der Waals surface area contributed by atoms with Crippen molar-refractivity contribution in [2.45, 2.75) is 6.42 Å². The van der Waals surface area contributed by atoms with Crippen molar-refractivity contribution < 1.29 is 4.79 Å². The van der Waals surface area contributed by atoms with E-state index in [1.165, 1.54) is 12.4 Å². The lowest BCUT2D eigenvalue weighted by atomic mass is 10.1. The van der Waals surface area contributed by atoms with Gasteiger partial charge in [0.2, 0.25) is 0 Å². The van der Waals surface area contributed by atoms with Gasteiger partial charge in [-0.15, -0.1) is 0 Å². The summed E-state index contributed by atoms with van der Waals surface area (Å²) >= 11 is 0. The third-order valence-corrected chi connectivity index (χ3v) is 2.84. The fourth-order valence-corrected chi connectivity index (χ4v) is 1.86. The van der Waals surface area contributed by atoms with E-state index >= 15 is 0 Å². The largest absolute Gasteiger partial charge is 0.397 e. The molecule has 0 aliphatic carbocycles. The van der Waals surface area contributed by atoms with Crippen LogP contribution in [-0.2, 0) is 0 Å². The summed E-state index contributed by atoms with van der Waals surface area (Å²) in [5, 5.41) is 8.75. The molecule has 0 saturated heterocycles. The molecule has 0 aliphatic heterocycles. The van der Waals surface area contributed by atoms with Crippen LogP contribution in [0.1, 0.15) is 16.8 Å². The molecule has 100 valence electrons. The molecule has 1 heterocycles. The van der Waals surface area contributed by atoms with Crippen LogP contribution in [0.3, 0.4) is 0 Å². The Morgan fingerprint density at radius 2 is 2.05 bits per heavy atom. The molecule has 2 rings (SSSR count). The molecular formula is C15H14N4O. The highest BCUT2D eigenvalue weighted by molar-refractivity contribution is 6.09. The minimum absolute atomic E-state index is 0.230. The molecule has 1 amide bonds. The van der Waals surface area contributed by atoms with Gasteiger partial charge in [-0.1, -0.05) is 18.2 Å². The zero-order valence-electron chi connectivity index (χ0n) is 10.9. The number of pyridine rings is 1. The molecule has 1 aromatic carbocycles. The molecule has 0 atom stereocenters. The Balaban J connectivity index is 2.35. The SMILES string of the molecule is N#CCCN(C(=O)c1ccncc1N)c1ccccc1. The Hall–Kier alpha value is -2.87. The lowest BCUT2D eigenvalue weighted by Gasteiger charge is -2.22. The summed E-state index contributed by atoms with van der Waals surface area (Å²) in [5.41, 5.74) is 7.25. The van der Waals surface area contributed by atoms with Crippen LogP contribution < -0.4 is 10.6 Å². The number of para-hydroxylation sites is 1. The van der Waals surface area contributed by atoms with E-state index in [1.807, 2.05) is 30.3 Å². The van der Waals surface area contributed by atoms with Crippen LogP contribution >= 0.6 is 0 Å². The number of nitrogens with zero attached hydrogens (tertiary/aromatic N) is 3. The van der Waals surface area contributed by atoms with Crippen LogP contribution in [0.2, 0.25) is 0 Å². The van der Waals surface area contributed by atoms with Crippen molar-refractivity contribution in [3.05, 3.63) is 54.4 Å². The number of benzene rings is 1. The zero-order valence-corrected chi connectivity index (χ0v) is 10.9. The smallest absolute Gasteiger partial charge is 0.260 e. The fourth-order valence-electron chi connectivity index (χ4n) is 1.86. The second-order valence-electron chi connectivity index (χ2n) is 4.16. The number of carbonyl (C=O) groups excluding carboxylic acids is 1. The van der Waals surface area contributed by atoms with E-state index in [4.69, 9.17) is 11.0 Å². The van der Waals surface area contributed by atoms with Crippen LogP contribution in [0.5, 0.6) is 0 Å². The second-order valence-corrected chi connectivity index (χ2v) is 4.16. The van der Waals surface area contributed by atoms with Gasteiger partial charge < -0.3 is 10.6 Å². The number of nitrogens with two attached hydrogens (primary N) is 1. The second kappa shape index (κ2) is 6.34. The first-order valence-corrected chi connectivity index (χ1v) is 6.17. The van der Waals surface area contributed by atoms with Gasteiger partial charge in [0.25, 0.3) is 5.91 Å². The number of hydrogen-bond donors (Lipinski definition) is 1. The van der Waals surface area contributed by atoms with Crippen molar-refractivity contribution >= 4 is 17.3 Å². The Labute approximate surface area is 117 Å². The molecule has 2 N–H and O–H groups in total. The van der Waals surface area contributed by atoms with Gasteiger partial charge in [0.1, 0.15) is 0 Å². The maximum atomic E-state index is 12.6. The van der Waals surface area contributed by atoms with E-state index < -0.39 is 0 Å². The fraction of sp³-hybridized carbons (Fsp3) is 0.133. The van der Waals surface area contributed by atoms with Gasteiger partial charge in [-0.3, -0.25) is 9.78 Å². The summed E-state index contributed by atoms with van der Waals surface area (Å²) in [7, 11) is 0. The number of nitriles is 1. The summed E-state index contributed by atoms with van der Waals surface area (Å²) in [6, 6.07) is 12.8. The molecule has 0 fully saturated rings. The van der Waals surface area contributed by atoms with Crippen molar-refractivity contribution in [1.29, 1.82) is 5.26 Å². The predicted molar refractivity (Wildman–Crippen MR) is 77.0 cm³/mol. The third-order valence-electron chi connectivity index (χ3n) is 2.84. The lowest BCUT2D eigenvalue weighted by molar-refractivity contribution is 0.0988. The van der Waals surface area contributed by atoms with Gasteiger partial charge in [-0.2, -0.15) is 5.26 Å². The van der Waals surface area contributed by atoms with E-state index in [-0.39, 0.29) is 12.3 Å². The highest BCUT2D eigenvalue weighted by atomic mass is 16.2. The van der Waals surface area contributed by atoms with E-state index in [0.717, 1.165) is 5.69 Å². The predicted octanol–water partition coefficient (Wildman–Crippen LogP) is 2.22. The number of hydrogen-bond acceptors (Lipinski definition) is 4. The van der Waals surface area contributed by atoms with Crippen LogP contribution in [0, 0.1) is 11.3 Å². The molecule has 0 unspecified atom stereocenters. The van der Waals surface area contributed by atoms with Gasteiger partial charge in [0.15, 0.2) is 0 Å². The summed E-state index contributed by atoms with van der Waals surface area (Å²) in [6.45, 7) is 0.321. The Morgan fingerprint density at radius 3 is 2.70 bits per heavy atom. The average molecular weight is 266 g/mol. The molecule has 0 spiro atoms. The maximum Gasteiger partial charge on any atom is 0.260 e. The van der Waals surface area contributed by atoms with Crippen LogP contribution in [-0.4, -0.2) is 17.4 Å². The summed E-state index contributed by atoms with van der Waals surface area (Å²) in [6.07, 6.45) is 3.23. The minimum Gasteiger partial charge on any atom is -0.397 e. The average Bonchev–Trinajstić information content (AvgIpc) is 2.49. The lowest BCUT2D eigenvalue weighted by Crippen LogP contribution is -2.32. The van der Waals surface area contributed by atoms with Gasteiger partial charge in [-0.05, 0) is 18.2 Å². The number of carbonyl (C=O) groups is 1. The van der Waals surface area contributed by atoms with Crippen molar-refractivity contribution in [2.24, 2.45) is 0 Å². The van der Waals surface area contributed by atoms with Crippen LogP contribution in [0.25, 0.3) is 0 Å². The first kappa shape index (κ1) is 13.6. The van der Waals surface area contributed by atoms with Crippen molar-refractivity contribution in [3.63, 3.8) is 0 Å². The monoisotopic (exact) mass is 266 g/mol. The van der Waals surface area contributed by atoms with Crippen LogP contribution in [0.15, 0.2) is 48.8 Å². The first-order chi connectivity index (χ1) is 9.74. The normalized spacial score (nSPS) is 9.75. The zero-order chi connectivity index (χ0) is 14.4. The molecule has 20 heavy (non-hydrogen) atoms. The Morgan fingerprint density at radius 1 is 1.30 bits per heavy atom. The molecule has 0 radical (unpaired) electrons. The number of rotatable bonds is 4. The summed E-state index contributed by atoms with van der Waals surface area (Å²) in [5.74, 6) is -0.230. The number of aromatic nitrogens is 1. The van der Waals surface area contributed by atoms with Crippen LogP contribution in [0.4, 0.5) is 11.4 Å². The molecule has 0 bridgehead atoms. The molecule has 0 aliphatic rings. The standard InChI is InChI=1S/C15H14N4O/c16-8-4-10-19(12-5-2-1-3-6-12)15(20)13-7-9-18-11-14(13)17/h1-3,5-7,9,11H,4,10,17H2. The molecule has 5 nitrogen and oxygen atoms in total. The Bertz CT molecular complexity index is 634. The number of amides is 1. The minimum atomic E-state index is -0.230. The van der Waals surface area contributed by atoms with E-state index in [0.29, 0.717) is 17.8 Å². The first-order valence-electron chi connectivity index (χ1n) is 6.17. The van der Waals surface area contributed by atoms with Crippen molar-refractivity contribution in [3.8, 4) is 6.07 Å². The number of nitrogen functional groups attached to an aromatic ring is 1. The number of anilines is 2. The summed E-state index contributed by atoms with van der Waals surface area (Å²) in [4.78, 5) is 18.0. The molecule has 1 aromatic heterocycles. The molecule has 0 saturated carbocycles. The van der Waals surface area contributed by atoms with Gasteiger partial charge in [-0.25, -0.2) is 0 Å². The van der Waals surface area contributed by atoms with Gasteiger partial charge in [0, 0.05) is 18.4 Å². The van der Waals surface area contributed by atoms with Crippen molar-refractivity contribution in [2.75, 3.05) is 17.2 Å². The van der Waals surface area contributed by atoms with Gasteiger partial charge >= 0.3 is 0 Å². The summed E-state index contributed by atoms with van der Waals surface area (Å²) < 4.78 is 0. The third kappa shape index (κ3) is 2.93. The molecule has 5 heteroatoms. The highest BCUT2D eigenvalue weighted by Crippen LogP contribution is 2.19. The molecular weight excluding hydrogens is 252 g/mol. The van der Waals surface area contributed by atoms with E-state index in [1.54, 1.807) is 11.0 Å². The highest BCUT2D eigenvalue weighted by Gasteiger charge is 2.19. The maximum absolute atomic E-state index is 12.6. The topological polar surface area (TPSA) is 83.0 Å². The van der Waals surface area contributed by atoms with Crippen molar-refractivity contribution in [1.82, 2.24) is 4.98 Å². The van der Waals surface area contributed by atoms with Gasteiger partial charge in [0.05, 0.1) is 29.9 Å². The van der Waals surface area contributed by atoms with E-state index in [9.17, 15) is 4.79 Å². The quantitative estimate of drug-likeness (QED) is 0.919. The molecule has 2 aromatic rings. The Kier molecular flexibility index (Phi) is 4.30. The van der Waals surface area contributed by atoms with E-state index in [2.05, 4.69) is 11.1 Å².